The van der Waals surface area contributed by atoms with Crippen LogP contribution in [0.1, 0.15) is 79.8 Å². The number of benzene rings is 1. The summed E-state index contributed by atoms with van der Waals surface area (Å²) < 4.78 is 0. The molecular formula is C23H37NO. The van der Waals surface area contributed by atoms with Crippen molar-refractivity contribution in [2.24, 2.45) is 5.41 Å². The van der Waals surface area contributed by atoms with E-state index < -0.39 is 0 Å². The minimum Gasteiger partial charge on any atom is -0.303 e. The molecule has 0 aliphatic heterocycles. The lowest BCUT2D eigenvalue weighted by molar-refractivity contribution is -0.107. The van der Waals surface area contributed by atoms with Gasteiger partial charge in [0.2, 0.25) is 0 Å². The van der Waals surface area contributed by atoms with Crippen molar-refractivity contribution >= 4 is 6.29 Å². The Morgan fingerprint density at radius 1 is 1.00 bits per heavy atom. The fourth-order valence-electron chi connectivity index (χ4n) is 4.68. The van der Waals surface area contributed by atoms with Crippen molar-refractivity contribution in [2.45, 2.75) is 92.7 Å². The third-order valence-electron chi connectivity index (χ3n) is 6.72. The molecule has 0 radical (unpaired) electrons. The lowest BCUT2D eigenvalue weighted by atomic mass is 9.75. The maximum Gasteiger partial charge on any atom is 0.124 e. The van der Waals surface area contributed by atoms with Crippen molar-refractivity contribution in [2.75, 3.05) is 7.05 Å². The Morgan fingerprint density at radius 2 is 1.56 bits per heavy atom. The number of nitrogens with zero attached hydrogens (tertiary/aromatic N) is 1. The van der Waals surface area contributed by atoms with E-state index in [1.54, 1.807) is 0 Å². The molecular weight excluding hydrogens is 306 g/mol. The van der Waals surface area contributed by atoms with E-state index in [4.69, 9.17) is 0 Å². The highest BCUT2D eigenvalue weighted by molar-refractivity contribution is 5.61. The van der Waals surface area contributed by atoms with Gasteiger partial charge in [0.15, 0.2) is 0 Å². The van der Waals surface area contributed by atoms with Gasteiger partial charge in [0.25, 0.3) is 0 Å². The Labute approximate surface area is 155 Å². The van der Waals surface area contributed by atoms with Crippen LogP contribution in [-0.2, 0) is 24.2 Å². The van der Waals surface area contributed by atoms with Crippen molar-refractivity contribution in [3.63, 3.8) is 0 Å². The van der Waals surface area contributed by atoms with E-state index >= 15 is 0 Å². The van der Waals surface area contributed by atoms with Crippen molar-refractivity contribution in [3.05, 3.63) is 33.4 Å². The monoisotopic (exact) mass is 343 g/mol. The van der Waals surface area contributed by atoms with Gasteiger partial charge in [-0.3, -0.25) is 4.90 Å². The molecule has 2 nitrogen and oxygen atoms in total. The largest absolute Gasteiger partial charge is 0.303 e. The molecule has 2 rings (SSSR count). The van der Waals surface area contributed by atoms with E-state index in [2.05, 4.69) is 53.5 Å². The standard InChI is InChI=1S/C23H37NO/c1-8-20-16(2)17(3)22(21(11-14-25)18(20)4)15-24(7)19-9-12-23(5,6)13-10-19/h14,19H,8-13,15H2,1-7H3. The molecule has 1 aromatic rings. The highest BCUT2D eigenvalue weighted by Crippen LogP contribution is 2.37. The molecule has 0 bridgehead atoms. The number of carbonyl (C=O) groups is 1. The molecule has 0 atom stereocenters. The van der Waals surface area contributed by atoms with Gasteiger partial charge < -0.3 is 4.79 Å². The summed E-state index contributed by atoms with van der Waals surface area (Å²) in [5.41, 5.74) is 8.76. The molecule has 0 heterocycles. The predicted molar refractivity (Wildman–Crippen MR) is 107 cm³/mol. The molecule has 140 valence electrons. The van der Waals surface area contributed by atoms with E-state index in [0.29, 0.717) is 17.9 Å². The molecule has 1 saturated carbocycles. The Kier molecular flexibility index (Phi) is 6.48. The summed E-state index contributed by atoms with van der Waals surface area (Å²) in [5, 5.41) is 0. The van der Waals surface area contributed by atoms with Crippen molar-refractivity contribution in [3.8, 4) is 0 Å². The van der Waals surface area contributed by atoms with Gasteiger partial charge in [-0.2, -0.15) is 0 Å². The number of carbonyl (C=O) groups excluding carboxylic acids is 1. The summed E-state index contributed by atoms with van der Waals surface area (Å²) in [6, 6.07) is 0.669. The van der Waals surface area contributed by atoms with Crippen LogP contribution in [0, 0.1) is 26.2 Å². The van der Waals surface area contributed by atoms with Gasteiger partial charge in [0.05, 0.1) is 0 Å². The zero-order valence-corrected chi connectivity index (χ0v) is 17.5. The highest BCUT2D eigenvalue weighted by atomic mass is 16.1. The fourth-order valence-corrected chi connectivity index (χ4v) is 4.68. The molecule has 0 amide bonds. The number of hydrogen-bond acceptors (Lipinski definition) is 2. The van der Waals surface area contributed by atoms with E-state index in [1.807, 2.05) is 0 Å². The SMILES string of the molecule is CCc1c(C)c(C)c(CN(C)C2CCC(C)(C)CC2)c(CC=O)c1C. The normalized spacial score (nSPS) is 17.9. The minimum atomic E-state index is 0.506. The molecule has 2 heteroatoms. The minimum absolute atomic E-state index is 0.506. The average molecular weight is 344 g/mol. The van der Waals surface area contributed by atoms with E-state index in [9.17, 15) is 4.79 Å². The van der Waals surface area contributed by atoms with Crippen LogP contribution < -0.4 is 0 Å². The number of hydrogen-bond donors (Lipinski definition) is 0. The summed E-state index contributed by atoms with van der Waals surface area (Å²) in [7, 11) is 2.27. The van der Waals surface area contributed by atoms with Crippen LogP contribution in [-0.4, -0.2) is 24.3 Å². The van der Waals surface area contributed by atoms with Crippen LogP contribution >= 0.6 is 0 Å². The fraction of sp³-hybridized carbons (Fsp3) is 0.696. The van der Waals surface area contributed by atoms with Gasteiger partial charge in [-0.15, -0.1) is 0 Å². The Balaban J connectivity index is 2.30. The highest BCUT2D eigenvalue weighted by Gasteiger charge is 2.29. The van der Waals surface area contributed by atoms with Crippen molar-refractivity contribution in [1.82, 2.24) is 4.90 Å². The van der Waals surface area contributed by atoms with Gasteiger partial charge in [-0.1, -0.05) is 20.8 Å². The van der Waals surface area contributed by atoms with Crippen LogP contribution in [0.5, 0.6) is 0 Å². The van der Waals surface area contributed by atoms with E-state index in [-0.39, 0.29) is 0 Å². The zero-order valence-electron chi connectivity index (χ0n) is 17.5. The first-order valence-electron chi connectivity index (χ1n) is 9.96. The summed E-state index contributed by atoms with van der Waals surface area (Å²) >= 11 is 0. The first-order valence-corrected chi connectivity index (χ1v) is 9.96. The van der Waals surface area contributed by atoms with E-state index in [1.165, 1.54) is 59.1 Å². The Morgan fingerprint density at radius 3 is 2.08 bits per heavy atom. The summed E-state index contributed by atoms with van der Waals surface area (Å²) in [6.45, 7) is 14.7. The first kappa shape index (κ1) is 20.2. The van der Waals surface area contributed by atoms with Crippen LogP contribution in [0.25, 0.3) is 0 Å². The smallest absolute Gasteiger partial charge is 0.124 e. The maximum absolute atomic E-state index is 11.3. The summed E-state index contributed by atoms with van der Waals surface area (Å²) in [4.78, 5) is 13.9. The molecule has 0 N–H and O–H groups in total. The van der Waals surface area contributed by atoms with E-state index in [0.717, 1.165) is 19.3 Å². The van der Waals surface area contributed by atoms with Crippen LogP contribution in [0.15, 0.2) is 0 Å². The van der Waals surface area contributed by atoms with Crippen LogP contribution in [0.3, 0.4) is 0 Å². The second kappa shape index (κ2) is 8.03. The molecule has 1 aliphatic carbocycles. The Bertz CT molecular complexity index is 620. The third kappa shape index (κ3) is 4.34. The lowest BCUT2D eigenvalue weighted by Gasteiger charge is -2.39. The van der Waals surface area contributed by atoms with Gasteiger partial charge in [0, 0.05) is 19.0 Å². The molecule has 1 aromatic carbocycles. The number of rotatable bonds is 6. The van der Waals surface area contributed by atoms with Gasteiger partial charge in [-0.25, -0.2) is 0 Å². The molecule has 0 saturated heterocycles. The molecule has 1 aliphatic rings. The molecule has 0 unspecified atom stereocenters. The second-order valence-electron chi connectivity index (χ2n) is 8.85. The van der Waals surface area contributed by atoms with Crippen molar-refractivity contribution in [1.29, 1.82) is 0 Å². The molecule has 0 spiro atoms. The molecule has 25 heavy (non-hydrogen) atoms. The van der Waals surface area contributed by atoms with Gasteiger partial charge in [0.1, 0.15) is 6.29 Å². The van der Waals surface area contributed by atoms with Crippen LogP contribution in [0.4, 0.5) is 0 Å². The first-order chi connectivity index (χ1) is 11.7. The maximum atomic E-state index is 11.3. The van der Waals surface area contributed by atoms with Gasteiger partial charge in [-0.05, 0) is 98.7 Å². The summed E-state index contributed by atoms with van der Waals surface area (Å²) in [6.07, 6.45) is 7.86. The molecule has 1 fully saturated rings. The Hall–Kier alpha value is -1.15. The third-order valence-corrected chi connectivity index (χ3v) is 6.72. The lowest BCUT2D eigenvalue weighted by Crippen LogP contribution is -2.37. The molecule has 0 aromatic heterocycles. The van der Waals surface area contributed by atoms with Crippen LogP contribution in [0.2, 0.25) is 0 Å². The topological polar surface area (TPSA) is 20.3 Å². The van der Waals surface area contributed by atoms with Crippen molar-refractivity contribution < 1.29 is 4.79 Å². The predicted octanol–water partition coefficient (Wildman–Crippen LogP) is 5.32. The second-order valence-corrected chi connectivity index (χ2v) is 8.85. The average Bonchev–Trinajstić information content (AvgIpc) is 2.56. The summed E-state index contributed by atoms with van der Waals surface area (Å²) in [5.74, 6) is 0. The van der Waals surface area contributed by atoms with Gasteiger partial charge >= 0.3 is 0 Å². The quantitative estimate of drug-likeness (QED) is 0.652. The zero-order chi connectivity index (χ0) is 18.8. The number of aldehydes is 1.